The van der Waals surface area contributed by atoms with Gasteiger partial charge >= 0.3 is 12.0 Å². The van der Waals surface area contributed by atoms with Crippen LogP contribution in [-0.4, -0.2) is 51.7 Å². The van der Waals surface area contributed by atoms with E-state index in [1.165, 1.54) is 11.3 Å². The van der Waals surface area contributed by atoms with Gasteiger partial charge in [-0.2, -0.15) is 0 Å². The van der Waals surface area contributed by atoms with Crippen molar-refractivity contribution in [3.05, 3.63) is 0 Å². The minimum absolute atomic E-state index is 0.273. The van der Waals surface area contributed by atoms with Crippen molar-refractivity contribution in [2.24, 2.45) is 0 Å². The van der Waals surface area contributed by atoms with Gasteiger partial charge in [-0.15, -0.1) is 0 Å². The number of hydrogen-bond acceptors (Lipinski definition) is 3. The van der Waals surface area contributed by atoms with E-state index in [0.29, 0.717) is 25.0 Å². The largest absolute Gasteiger partial charge is 0.480 e. The summed E-state index contributed by atoms with van der Waals surface area (Å²) in [5.74, 6) is -0.910. The summed E-state index contributed by atoms with van der Waals surface area (Å²) in [6.45, 7) is 4.71. The summed E-state index contributed by atoms with van der Waals surface area (Å²) in [7, 11) is 0. The van der Waals surface area contributed by atoms with E-state index in [4.69, 9.17) is 5.11 Å². The maximum atomic E-state index is 12.2. The zero-order chi connectivity index (χ0) is 14.0. The van der Waals surface area contributed by atoms with Crippen LogP contribution < -0.4 is 5.43 Å². The van der Waals surface area contributed by atoms with Gasteiger partial charge in [0.2, 0.25) is 0 Å². The maximum absolute atomic E-state index is 12.2. The van der Waals surface area contributed by atoms with Crippen LogP contribution in [0, 0.1) is 0 Å². The van der Waals surface area contributed by atoms with Crippen LogP contribution in [0.3, 0.4) is 0 Å². The summed E-state index contributed by atoms with van der Waals surface area (Å²) in [5, 5.41) is 11.1. The summed E-state index contributed by atoms with van der Waals surface area (Å²) < 4.78 is 0. The van der Waals surface area contributed by atoms with Crippen molar-refractivity contribution < 1.29 is 14.7 Å². The van der Waals surface area contributed by atoms with E-state index in [2.05, 4.69) is 19.3 Å². The highest BCUT2D eigenvalue weighted by molar-refractivity contribution is 5.83. The van der Waals surface area contributed by atoms with Gasteiger partial charge in [-0.1, -0.05) is 6.42 Å². The molecule has 108 valence electrons. The highest BCUT2D eigenvalue weighted by Crippen LogP contribution is 2.22. The van der Waals surface area contributed by atoms with Gasteiger partial charge in [-0.05, 0) is 39.5 Å². The van der Waals surface area contributed by atoms with Crippen molar-refractivity contribution in [2.45, 2.75) is 64.1 Å². The Labute approximate surface area is 113 Å². The lowest BCUT2D eigenvalue weighted by atomic mass is 10.00. The molecule has 0 bridgehead atoms. The van der Waals surface area contributed by atoms with Crippen LogP contribution in [0.25, 0.3) is 0 Å². The molecule has 0 aromatic carbocycles. The monoisotopic (exact) mass is 269 g/mol. The smallest absolute Gasteiger partial charge is 0.332 e. The number of hydrogen-bond donors (Lipinski definition) is 2. The second kappa shape index (κ2) is 5.77. The predicted molar refractivity (Wildman–Crippen MR) is 70.5 cm³/mol. The molecule has 2 heterocycles. The molecule has 3 unspecified atom stereocenters. The molecule has 19 heavy (non-hydrogen) atoms. The Hall–Kier alpha value is -1.30. The number of rotatable bonds is 2. The van der Waals surface area contributed by atoms with Crippen LogP contribution in [0.4, 0.5) is 4.79 Å². The Morgan fingerprint density at radius 1 is 1.11 bits per heavy atom. The lowest BCUT2D eigenvalue weighted by Gasteiger charge is -2.39. The maximum Gasteiger partial charge on any atom is 0.332 e. The third kappa shape index (κ3) is 3.00. The standard InChI is InChI=1S/C13H23N3O3/c1-9-5-3-6-10(2)16(9)14-13(19)15-8-4-7-11(15)12(17)18/h9-11H,3-8H2,1-2H3,(H,14,19)(H,17,18). The average molecular weight is 269 g/mol. The van der Waals surface area contributed by atoms with Crippen molar-refractivity contribution in [3.8, 4) is 0 Å². The number of aliphatic carboxylic acids is 1. The van der Waals surface area contributed by atoms with Crippen LogP contribution >= 0.6 is 0 Å². The summed E-state index contributed by atoms with van der Waals surface area (Å²) >= 11 is 0. The van der Waals surface area contributed by atoms with Crippen molar-refractivity contribution in [3.63, 3.8) is 0 Å². The lowest BCUT2D eigenvalue weighted by molar-refractivity contribution is -0.141. The molecule has 2 aliphatic heterocycles. The first-order valence-electron chi connectivity index (χ1n) is 7.09. The molecule has 2 amide bonds. The molecule has 2 saturated heterocycles. The van der Waals surface area contributed by atoms with Crippen LogP contribution in [0.1, 0.15) is 46.0 Å². The van der Waals surface area contributed by atoms with Crippen LogP contribution in [-0.2, 0) is 4.79 Å². The Morgan fingerprint density at radius 2 is 1.74 bits per heavy atom. The summed E-state index contributed by atoms with van der Waals surface area (Å²) in [4.78, 5) is 24.8. The number of carbonyl (C=O) groups excluding carboxylic acids is 1. The van der Waals surface area contributed by atoms with Gasteiger partial charge in [0.1, 0.15) is 6.04 Å². The number of carboxylic acid groups (broad SMARTS) is 1. The molecule has 0 radical (unpaired) electrons. The molecule has 6 heteroatoms. The molecule has 0 saturated carbocycles. The number of piperidine rings is 1. The molecule has 0 aromatic rings. The number of nitrogens with zero attached hydrogens (tertiary/aromatic N) is 2. The van der Waals surface area contributed by atoms with E-state index in [9.17, 15) is 9.59 Å². The van der Waals surface area contributed by atoms with Crippen LogP contribution in [0.2, 0.25) is 0 Å². The number of amides is 2. The molecular formula is C13H23N3O3. The van der Waals surface area contributed by atoms with Gasteiger partial charge in [0.15, 0.2) is 0 Å². The van der Waals surface area contributed by atoms with E-state index >= 15 is 0 Å². The SMILES string of the molecule is CC1CCCC(C)N1NC(=O)N1CCCC1C(=O)O. The second-order valence-electron chi connectivity index (χ2n) is 5.64. The fraction of sp³-hybridized carbons (Fsp3) is 0.846. The summed E-state index contributed by atoms with van der Waals surface area (Å²) in [6, 6.07) is -0.335. The zero-order valence-electron chi connectivity index (χ0n) is 11.6. The number of carboxylic acids is 1. The van der Waals surface area contributed by atoms with Crippen LogP contribution in [0.5, 0.6) is 0 Å². The third-order valence-electron chi connectivity index (χ3n) is 4.22. The molecule has 3 atom stereocenters. The van der Waals surface area contributed by atoms with E-state index in [1.54, 1.807) is 0 Å². The topological polar surface area (TPSA) is 72.9 Å². The van der Waals surface area contributed by atoms with Crippen molar-refractivity contribution in [2.75, 3.05) is 6.54 Å². The van der Waals surface area contributed by atoms with Crippen molar-refractivity contribution in [1.82, 2.24) is 15.3 Å². The van der Waals surface area contributed by atoms with Gasteiger partial charge in [0.25, 0.3) is 0 Å². The number of likely N-dealkylation sites (tertiary alicyclic amines) is 1. The number of nitrogens with one attached hydrogen (secondary N) is 1. The van der Waals surface area contributed by atoms with Gasteiger partial charge < -0.3 is 10.0 Å². The van der Waals surface area contributed by atoms with E-state index in [-0.39, 0.29) is 6.03 Å². The van der Waals surface area contributed by atoms with Crippen LogP contribution in [0.15, 0.2) is 0 Å². The Balaban J connectivity index is 1.98. The highest BCUT2D eigenvalue weighted by atomic mass is 16.4. The first kappa shape index (κ1) is 14.1. The molecule has 2 rings (SSSR count). The fourth-order valence-electron chi connectivity index (χ4n) is 3.08. The lowest BCUT2D eigenvalue weighted by Crippen LogP contribution is -2.58. The molecule has 0 aliphatic carbocycles. The van der Waals surface area contributed by atoms with E-state index in [0.717, 1.165) is 19.3 Å². The minimum atomic E-state index is -0.910. The van der Waals surface area contributed by atoms with Gasteiger partial charge in [-0.25, -0.2) is 14.6 Å². The molecule has 2 fully saturated rings. The predicted octanol–water partition coefficient (Wildman–Crippen LogP) is 1.42. The average Bonchev–Trinajstić information content (AvgIpc) is 2.83. The minimum Gasteiger partial charge on any atom is -0.480 e. The number of urea groups is 1. The Bertz CT molecular complexity index is 351. The quantitative estimate of drug-likeness (QED) is 0.795. The first-order chi connectivity index (χ1) is 9.00. The first-order valence-corrected chi connectivity index (χ1v) is 7.09. The van der Waals surface area contributed by atoms with E-state index in [1.807, 2.05) is 5.01 Å². The van der Waals surface area contributed by atoms with Crippen molar-refractivity contribution in [1.29, 1.82) is 0 Å². The number of carbonyl (C=O) groups is 2. The van der Waals surface area contributed by atoms with Gasteiger partial charge in [0, 0.05) is 18.6 Å². The number of hydrazine groups is 1. The van der Waals surface area contributed by atoms with Gasteiger partial charge in [0.05, 0.1) is 0 Å². The highest BCUT2D eigenvalue weighted by Gasteiger charge is 2.36. The molecule has 0 aromatic heterocycles. The molecule has 6 nitrogen and oxygen atoms in total. The second-order valence-corrected chi connectivity index (χ2v) is 5.64. The third-order valence-corrected chi connectivity index (χ3v) is 4.22. The fourth-order valence-corrected chi connectivity index (χ4v) is 3.08. The summed E-state index contributed by atoms with van der Waals surface area (Å²) in [6.07, 6.45) is 4.61. The Morgan fingerprint density at radius 3 is 2.32 bits per heavy atom. The van der Waals surface area contributed by atoms with E-state index < -0.39 is 12.0 Å². The summed E-state index contributed by atoms with van der Waals surface area (Å²) in [5.41, 5.74) is 2.90. The zero-order valence-corrected chi connectivity index (χ0v) is 11.6. The normalized spacial score (nSPS) is 32.3. The molecule has 0 spiro atoms. The van der Waals surface area contributed by atoms with Crippen molar-refractivity contribution >= 4 is 12.0 Å². The molecular weight excluding hydrogens is 246 g/mol. The molecule has 2 N–H and O–H groups in total. The Kier molecular flexibility index (Phi) is 4.29. The van der Waals surface area contributed by atoms with Gasteiger partial charge in [-0.3, -0.25) is 5.43 Å². The molecule has 2 aliphatic rings.